The quantitative estimate of drug-likeness (QED) is 0.429. The van der Waals surface area contributed by atoms with Crippen LogP contribution in [-0.4, -0.2) is 36.2 Å². The summed E-state index contributed by atoms with van der Waals surface area (Å²) in [5, 5.41) is 0. The minimum Gasteiger partial charge on any atom is -0.463 e. The van der Waals surface area contributed by atoms with Gasteiger partial charge in [0.2, 0.25) is 0 Å². The fraction of sp³-hybridized carbons (Fsp3) is 0.889. The van der Waals surface area contributed by atoms with E-state index in [2.05, 4.69) is 13.8 Å². The molecule has 186 valence electrons. The summed E-state index contributed by atoms with van der Waals surface area (Å²) in [7, 11) is 0. The van der Waals surface area contributed by atoms with Crippen LogP contribution in [0.2, 0.25) is 0 Å². The summed E-state index contributed by atoms with van der Waals surface area (Å²) in [4.78, 5) is 35.2. The lowest BCUT2D eigenvalue weighted by atomic mass is 9.44. The van der Waals surface area contributed by atoms with Gasteiger partial charge in [-0.3, -0.25) is 14.4 Å². The van der Waals surface area contributed by atoms with E-state index in [1.165, 1.54) is 40.0 Å². The zero-order valence-electron chi connectivity index (χ0n) is 21.2. The molecule has 0 heterocycles. The van der Waals surface area contributed by atoms with Crippen LogP contribution in [0.25, 0.3) is 0 Å². The smallest absolute Gasteiger partial charge is 0.302 e. The molecule has 0 aromatic carbocycles. The third kappa shape index (κ3) is 4.32. The molecule has 0 N–H and O–H groups in total. The molecule has 4 aliphatic carbocycles. The van der Waals surface area contributed by atoms with Crippen molar-refractivity contribution in [2.24, 2.45) is 40.4 Å². The molecule has 0 radical (unpaired) electrons. The maximum absolute atomic E-state index is 12.0. The Kier molecular flexibility index (Phi) is 6.60. The van der Waals surface area contributed by atoms with Crippen molar-refractivity contribution >= 4 is 17.9 Å². The van der Waals surface area contributed by atoms with Gasteiger partial charge in [-0.1, -0.05) is 13.8 Å². The van der Waals surface area contributed by atoms with Crippen LogP contribution < -0.4 is 0 Å². The minimum atomic E-state index is -0.276. The highest BCUT2D eigenvalue weighted by Gasteiger charge is 2.64. The Morgan fingerprint density at radius 1 is 0.788 bits per heavy atom. The van der Waals surface area contributed by atoms with Crippen LogP contribution in [0, 0.1) is 40.4 Å². The molecule has 4 saturated carbocycles. The first-order chi connectivity index (χ1) is 15.5. The van der Waals surface area contributed by atoms with Gasteiger partial charge in [-0.05, 0) is 92.8 Å². The van der Waals surface area contributed by atoms with Crippen molar-refractivity contribution in [2.45, 2.75) is 111 Å². The van der Waals surface area contributed by atoms with E-state index < -0.39 is 0 Å². The zero-order chi connectivity index (χ0) is 24.1. The second-order valence-corrected chi connectivity index (χ2v) is 11.9. The standard InChI is InChI=1S/C27H42O6/c1-15(31-16(2)28)25-24(33-18(4)30)14-23-21-8-7-19-13-20(32-17(3)29)9-11-26(19,5)22(21)10-12-27(23,25)6/h15,19-25H,7-14H2,1-6H3. The molecular weight excluding hydrogens is 420 g/mol. The van der Waals surface area contributed by atoms with E-state index in [0.717, 1.165) is 32.1 Å². The van der Waals surface area contributed by atoms with Crippen molar-refractivity contribution in [1.82, 2.24) is 0 Å². The topological polar surface area (TPSA) is 78.9 Å². The summed E-state index contributed by atoms with van der Waals surface area (Å²) < 4.78 is 17.1. The van der Waals surface area contributed by atoms with E-state index in [0.29, 0.717) is 23.7 Å². The van der Waals surface area contributed by atoms with Gasteiger partial charge in [0.1, 0.15) is 18.3 Å². The molecule has 0 amide bonds. The van der Waals surface area contributed by atoms with E-state index in [4.69, 9.17) is 14.2 Å². The predicted octanol–water partition coefficient (Wildman–Crippen LogP) is 5.07. The number of hydrogen-bond donors (Lipinski definition) is 0. The SMILES string of the molecule is CC(=O)OC1CCC2(C)C(CCC3C2CCC2(C)C3CC(OC(C)=O)C2C(C)OC(C)=O)C1. The van der Waals surface area contributed by atoms with Crippen LogP contribution >= 0.6 is 0 Å². The van der Waals surface area contributed by atoms with Crippen LogP contribution in [-0.2, 0) is 28.6 Å². The third-order valence-electron chi connectivity index (χ3n) is 10.2. The number of rotatable bonds is 4. The van der Waals surface area contributed by atoms with E-state index in [1.807, 2.05) is 6.92 Å². The monoisotopic (exact) mass is 462 g/mol. The molecule has 10 unspecified atom stereocenters. The van der Waals surface area contributed by atoms with Crippen molar-refractivity contribution in [3.05, 3.63) is 0 Å². The Morgan fingerprint density at radius 3 is 2.09 bits per heavy atom. The summed E-state index contributed by atoms with van der Waals surface area (Å²) in [5.41, 5.74) is 0.270. The summed E-state index contributed by atoms with van der Waals surface area (Å²) in [6.45, 7) is 11.3. The Bertz CT molecular complexity index is 793. The van der Waals surface area contributed by atoms with Crippen molar-refractivity contribution < 1.29 is 28.6 Å². The first-order valence-corrected chi connectivity index (χ1v) is 13.0. The Labute approximate surface area is 198 Å². The second kappa shape index (κ2) is 8.88. The van der Waals surface area contributed by atoms with Gasteiger partial charge in [-0.15, -0.1) is 0 Å². The van der Waals surface area contributed by atoms with Gasteiger partial charge in [-0.2, -0.15) is 0 Å². The minimum absolute atomic E-state index is 0.00566. The predicted molar refractivity (Wildman–Crippen MR) is 123 cm³/mol. The van der Waals surface area contributed by atoms with Gasteiger partial charge in [0.05, 0.1) is 0 Å². The maximum atomic E-state index is 12.0. The number of fused-ring (bicyclic) bond motifs is 5. The Morgan fingerprint density at radius 2 is 1.45 bits per heavy atom. The number of carbonyl (C=O) groups is 3. The molecule has 33 heavy (non-hydrogen) atoms. The third-order valence-corrected chi connectivity index (χ3v) is 10.2. The molecule has 4 aliphatic rings. The summed E-state index contributed by atoms with van der Waals surface area (Å²) in [5.74, 6) is 1.65. The molecule has 6 nitrogen and oxygen atoms in total. The van der Waals surface area contributed by atoms with Crippen LogP contribution in [0.3, 0.4) is 0 Å². The van der Waals surface area contributed by atoms with Crippen molar-refractivity contribution in [1.29, 1.82) is 0 Å². The fourth-order valence-corrected chi connectivity index (χ4v) is 9.10. The van der Waals surface area contributed by atoms with Crippen molar-refractivity contribution in [3.63, 3.8) is 0 Å². The van der Waals surface area contributed by atoms with E-state index >= 15 is 0 Å². The average Bonchev–Trinajstić information content (AvgIpc) is 2.98. The first kappa shape index (κ1) is 24.5. The van der Waals surface area contributed by atoms with Gasteiger partial charge in [0.25, 0.3) is 0 Å². The largest absolute Gasteiger partial charge is 0.463 e. The normalized spacial score (nSPS) is 45.1. The molecule has 0 bridgehead atoms. The average molecular weight is 463 g/mol. The molecule has 10 atom stereocenters. The lowest BCUT2D eigenvalue weighted by molar-refractivity contribution is -0.168. The van der Waals surface area contributed by atoms with Crippen LogP contribution in [0.5, 0.6) is 0 Å². The highest BCUT2D eigenvalue weighted by molar-refractivity contribution is 5.67. The van der Waals surface area contributed by atoms with E-state index in [-0.39, 0.29) is 53.0 Å². The second-order valence-electron chi connectivity index (χ2n) is 11.9. The first-order valence-electron chi connectivity index (χ1n) is 13.0. The van der Waals surface area contributed by atoms with Crippen LogP contribution in [0.15, 0.2) is 0 Å². The van der Waals surface area contributed by atoms with Crippen molar-refractivity contribution in [3.8, 4) is 0 Å². The van der Waals surface area contributed by atoms with Gasteiger partial charge >= 0.3 is 17.9 Å². The van der Waals surface area contributed by atoms with Gasteiger partial charge in [0.15, 0.2) is 0 Å². The number of hydrogen-bond acceptors (Lipinski definition) is 6. The Balaban J connectivity index is 1.58. The lowest BCUT2D eigenvalue weighted by Crippen LogP contribution is -2.55. The van der Waals surface area contributed by atoms with Crippen LogP contribution in [0.4, 0.5) is 0 Å². The molecule has 4 rings (SSSR count). The fourth-order valence-electron chi connectivity index (χ4n) is 9.10. The molecule has 4 fully saturated rings. The summed E-state index contributed by atoms with van der Waals surface area (Å²) in [6.07, 6.45) is 8.11. The Hall–Kier alpha value is -1.59. The highest BCUT2D eigenvalue weighted by Crippen LogP contribution is 2.68. The van der Waals surface area contributed by atoms with Crippen LogP contribution in [0.1, 0.15) is 92.9 Å². The molecule has 0 saturated heterocycles. The molecule has 0 aromatic rings. The number of carbonyl (C=O) groups excluding carboxylic acids is 3. The molecule has 6 heteroatoms. The van der Waals surface area contributed by atoms with Gasteiger partial charge < -0.3 is 14.2 Å². The molecule has 0 aliphatic heterocycles. The zero-order valence-corrected chi connectivity index (χ0v) is 21.2. The summed E-state index contributed by atoms with van der Waals surface area (Å²) in [6, 6.07) is 0. The molecule has 0 spiro atoms. The molecular formula is C27H42O6. The van der Waals surface area contributed by atoms with E-state index in [9.17, 15) is 14.4 Å². The van der Waals surface area contributed by atoms with Gasteiger partial charge in [0, 0.05) is 26.7 Å². The lowest BCUT2D eigenvalue weighted by Gasteiger charge is -2.61. The van der Waals surface area contributed by atoms with E-state index in [1.54, 1.807) is 0 Å². The number of ether oxygens (including phenoxy) is 3. The maximum Gasteiger partial charge on any atom is 0.302 e. The summed E-state index contributed by atoms with van der Waals surface area (Å²) >= 11 is 0. The molecule has 0 aromatic heterocycles. The highest BCUT2D eigenvalue weighted by atomic mass is 16.6. The van der Waals surface area contributed by atoms with Crippen molar-refractivity contribution in [2.75, 3.05) is 0 Å². The number of esters is 3. The van der Waals surface area contributed by atoms with Gasteiger partial charge in [-0.25, -0.2) is 0 Å².